The fraction of sp³-hybridized carbons (Fsp3) is 0.526. The second-order valence-electron chi connectivity index (χ2n) is 7.38. The Morgan fingerprint density at radius 3 is 2.65 bits per heavy atom. The Balaban J connectivity index is 1.66. The third-order valence-electron chi connectivity index (χ3n) is 4.89. The van der Waals surface area contributed by atoms with Gasteiger partial charge in [0.2, 0.25) is 0 Å². The molecule has 1 atom stereocenters. The SMILES string of the molecule is CC(C)c1ccc(-c2ncc(CN3CCC(C)(CN)C3)s2)cc1. The van der Waals surface area contributed by atoms with E-state index in [4.69, 9.17) is 5.73 Å². The molecule has 0 bridgehead atoms. The molecule has 2 aromatic rings. The van der Waals surface area contributed by atoms with E-state index in [0.29, 0.717) is 11.3 Å². The smallest absolute Gasteiger partial charge is 0.123 e. The van der Waals surface area contributed by atoms with Crippen molar-refractivity contribution in [2.45, 2.75) is 39.7 Å². The van der Waals surface area contributed by atoms with Crippen LogP contribution in [-0.2, 0) is 6.54 Å². The maximum Gasteiger partial charge on any atom is 0.123 e. The summed E-state index contributed by atoms with van der Waals surface area (Å²) in [7, 11) is 0. The van der Waals surface area contributed by atoms with E-state index in [-0.39, 0.29) is 0 Å². The predicted molar refractivity (Wildman–Crippen MR) is 98.7 cm³/mol. The summed E-state index contributed by atoms with van der Waals surface area (Å²) in [6.45, 7) is 10.8. The van der Waals surface area contributed by atoms with Crippen molar-refractivity contribution in [3.05, 3.63) is 40.9 Å². The lowest BCUT2D eigenvalue weighted by Gasteiger charge is -2.22. The second kappa shape index (κ2) is 6.71. The first-order chi connectivity index (χ1) is 11.0. The molecular weight excluding hydrogens is 302 g/mol. The van der Waals surface area contributed by atoms with Gasteiger partial charge in [0.1, 0.15) is 5.01 Å². The molecule has 23 heavy (non-hydrogen) atoms. The molecule has 0 aliphatic carbocycles. The predicted octanol–water partition coefficient (Wildman–Crippen LogP) is 4.10. The third kappa shape index (κ3) is 3.82. The molecule has 1 aromatic heterocycles. The Hall–Kier alpha value is -1.23. The van der Waals surface area contributed by atoms with Crippen molar-refractivity contribution < 1.29 is 0 Å². The Morgan fingerprint density at radius 1 is 1.30 bits per heavy atom. The first kappa shape index (κ1) is 16.6. The Kier molecular flexibility index (Phi) is 4.85. The van der Waals surface area contributed by atoms with E-state index in [1.807, 2.05) is 17.5 Å². The normalized spacial score (nSPS) is 22.1. The van der Waals surface area contributed by atoms with Crippen LogP contribution < -0.4 is 5.73 Å². The Bertz CT molecular complexity index is 647. The molecule has 1 aliphatic rings. The second-order valence-corrected chi connectivity index (χ2v) is 8.50. The molecule has 1 aromatic carbocycles. The molecule has 1 saturated heterocycles. The van der Waals surface area contributed by atoms with Crippen LogP contribution in [0.25, 0.3) is 10.6 Å². The third-order valence-corrected chi connectivity index (χ3v) is 5.92. The number of benzene rings is 1. The van der Waals surface area contributed by atoms with Crippen LogP contribution >= 0.6 is 11.3 Å². The summed E-state index contributed by atoms with van der Waals surface area (Å²) in [4.78, 5) is 8.47. The summed E-state index contributed by atoms with van der Waals surface area (Å²) in [6.07, 6.45) is 3.24. The summed E-state index contributed by atoms with van der Waals surface area (Å²) < 4.78 is 0. The van der Waals surface area contributed by atoms with Gasteiger partial charge in [-0.05, 0) is 36.4 Å². The topological polar surface area (TPSA) is 42.2 Å². The molecule has 0 radical (unpaired) electrons. The highest BCUT2D eigenvalue weighted by Gasteiger charge is 2.32. The van der Waals surface area contributed by atoms with Gasteiger partial charge in [-0.15, -0.1) is 11.3 Å². The lowest BCUT2D eigenvalue weighted by molar-refractivity contribution is 0.276. The van der Waals surface area contributed by atoms with E-state index >= 15 is 0 Å². The van der Waals surface area contributed by atoms with Crippen LogP contribution in [0.5, 0.6) is 0 Å². The van der Waals surface area contributed by atoms with Crippen LogP contribution in [-0.4, -0.2) is 29.5 Å². The van der Waals surface area contributed by atoms with Crippen molar-refractivity contribution >= 4 is 11.3 Å². The van der Waals surface area contributed by atoms with Gasteiger partial charge in [-0.2, -0.15) is 0 Å². The van der Waals surface area contributed by atoms with Crippen LogP contribution in [0.15, 0.2) is 30.5 Å². The monoisotopic (exact) mass is 329 g/mol. The molecule has 0 amide bonds. The summed E-state index contributed by atoms with van der Waals surface area (Å²) in [5.74, 6) is 0.572. The van der Waals surface area contributed by atoms with Gasteiger partial charge in [0.05, 0.1) is 0 Å². The number of hydrogen-bond acceptors (Lipinski definition) is 4. The molecule has 124 valence electrons. The molecule has 1 aliphatic heterocycles. The highest BCUT2D eigenvalue weighted by Crippen LogP contribution is 2.32. The minimum Gasteiger partial charge on any atom is -0.330 e. The van der Waals surface area contributed by atoms with E-state index in [1.165, 1.54) is 22.4 Å². The molecule has 1 fully saturated rings. The largest absolute Gasteiger partial charge is 0.330 e. The molecule has 2 N–H and O–H groups in total. The van der Waals surface area contributed by atoms with Gasteiger partial charge in [0, 0.05) is 29.7 Å². The van der Waals surface area contributed by atoms with E-state index in [2.05, 4.69) is 54.9 Å². The van der Waals surface area contributed by atoms with Crippen LogP contribution in [0.1, 0.15) is 43.6 Å². The highest BCUT2D eigenvalue weighted by molar-refractivity contribution is 7.15. The van der Waals surface area contributed by atoms with Crippen LogP contribution in [0.2, 0.25) is 0 Å². The van der Waals surface area contributed by atoms with E-state index in [1.54, 1.807) is 0 Å². The number of rotatable bonds is 5. The molecule has 1 unspecified atom stereocenters. The standard InChI is InChI=1S/C19H27N3S/c1-14(2)15-4-6-16(7-5-15)18-21-10-17(23-18)11-22-9-8-19(3,12-20)13-22/h4-7,10,14H,8-9,11-13,20H2,1-3H3. The van der Waals surface area contributed by atoms with Crippen molar-refractivity contribution in [3.8, 4) is 10.6 Å². The van der Waals surface area contributed by atoms with Crippen molar-refractivity contribution in [1.29, 1.82) is 0 Å². The van der Waals surface area contributed by atoms with Crippen molar-refractivity contribution in [2.75, 3.05) is 19.6 Å². The van der Waals surface area contributed by atoms with Gasteiger partial charge in [-0.1, -0.05) is 45.0 Å². The zero-order valence-corrected chi connectivity index (χ0v) is 15.2. The maximum atomic E-state index is 5.90. The molecule has 3 nitrogen and oxygen atoms in total. The summed E-state index contributed by atoms with van der Waals surface area (Å²) in [5, 5.41) is 1.12. The lowest BCUT2D eigenvalue weighted by atomic mass is 9.90. The Morgan fingerprint density at radius 2 is 2.04 bits per heavy atom. The quantitative estimate of drug-likeness (QED) is 0.898. The van der Waals surface area contributed by atoms with Crippen molar-refractivity contribution in [3.63, 3.8) is 0 Å². The van der Waals surface area contributed by atoms with Gasteiger partial charge in [0.25, 0.3) is 0 Å². The van der Waals surface area contributed by atoms with Crippen molar-refractivity contribution in [1.82, 2.24) is 9.88 Å². The number of nitrogens with zero attached hydrogens (tertiary/aromatic N) is 2. The molecular formula is C19H27N3S. The number of aromatic nitrogens is 1. The van der Waals surface area contributed by atoms with E-state index < -0.39 is 0 Å². The number of thiazole rings is 1. The van der Waals surface area contributed by atoms with E-state index in [9.17, 15) is 0 Å². The first-order valence-electron chi connectivity index (χ1n) is 8.46. The number of likely N-dealkylation sites (tertiary alicyclic amines) is 1. The fourth-order valence-corrected chi connectivity index (χ4v) is 4.13. The van der Waals surface area contributed by atoms with Gasteiger partial charge >= 0.3 is 0 Å². The zero-order valence-electron chi connectivity index (χ0n) is 14.4. The van der Waals surface area contributed by atoms with Gasteiger partial charge < -0.3 is 5.73 Å². The number of nitrogens with two attached hydrogens (primary N) is 1. The Labute approximate surface area is 143 Å². The van der Waals surface area contributed by atoms with Gasteiger partial charge in [-0.3, -0.25) is 4.90 Å². The fourth-order valence-electron chi connectivity index (χ4n) is 3.17. The molecule has 0 spiro atoms. The molecule has 2 heterocycles. The minimum absolute atomic E-state index is 0.292. The molecule has 4 heteroatoms. The van der Waals surface area contributed by atoms with Crippen LogP contribution in [0.3, 0.4) is 0 Å². The summed E-state index contributed by atoms with van der Waals surface area (Å²) >= 11 is 1.81. The highest BCUT2D eigenvalue weighted by atomic mass is 32.1. The maximum absolute atomic E-state index is 5.90. The molecule has 3 rings (SSSR count). The molecule has 0 saturated carbocycles. The minimum atomic E-state index is 0.292. The van der Waals surface area contributed by atoms with Crippen LogP contribution in [0, 0.1) is 5.41 Å². The van der Waals surface area contributed by atoms with Gasteiger partial charge in [0.15, 0.2) is 0 Å². The summed E-state index contributed by atoms with van der Waals surface area (Å²) in [6, 6.07) is 8.82. The van der Waals surface area contributed by atoms with Crippen LogP contribution in [0.4, 0.5) is 0 Å². The average molecular weight is 330 g/mol. The van der Waals surface area contributed by atoms with Crippen molar-refractivity contribution in [2.24, 2.45) is 11.1 Å². The van der Waals surface area contributed by atoms with Gasteiger partial charge in [-0.25, -0.2) is 4.98 Å². The summed E-state index contributed by atoms with van der Waals surface area (Å²) in [5.41, 5.74) is 8.79. The van der Waals surface area contributed by atoms with E-state index in [0.717, 1.165) is 31.2 Å². The average Bonchev–Trinajstić information content (AvgIpc) is 3.15. The first-order valence-corrected chi connectivity index (χ1v) is 9.28. The lowest BCUT2D eigenvalue weighted by Crippen LogP contribution is -2.30. The number of hydrogen-bond donors (Lipinski definition) is 1. The zero-order chi connectivity index (χ0) is 16.4.